The molecule has 1 aliphatic rings. The van der Waals surface area contributed by atoms with Gasteiger partial charge < -0.3 is 10.3 Å². The summed E-state index contributed by atoms with van der Waals surface area (Å²) in [5.41, 5.74) is 0.972. The minimum atomic E-state index is -0.419. The number of benzene rings is 2. The lowest BCUT2D eigenvalue weighted by atomic mass is 10.2. The van der Waals surface area contributed by atoms with E-state index in [1.165, 1.54) is 0 Å². The molecule has 2 N–H and O–H groups in total. The smallest absolute Gasteiger partial charge is 0.293 e. The molecule has 2 aromatic carbocycles. The number of hydrogen-bond acceptors (Lipinski definition) is 6. The third kappa shape index (κ3) is 5.32. The average Bonchev–Trinajstić information content (AvgIpc) is 3.06. The maximum atomic E-state index is 12.6. The van der Waals surface area contributed by atoms with Crippen LogP contribution in [0.5, 0.6) is 0 Å². The molecule has 1 fully saturated rings. The van der Waals surface area contributed by atoms with Crippen LogP contribution in [-0.2, 0) is 16.0 Å². The zero-order valence-corrected chi connectivity index (χ0v) is 18.9. The molecule has 0 spiro atoms. The first-order chi connectivity index (χ1) is 15.9. The van der Waals surface area contributed by atoms with Gasteiger partial charge in [-0.1, -0.05) is 41.9 Å². The Morgan fingerprint density at radius 2 is 1.88 bits per heavy atom. The molecule has 1 saturated heterocycles. The maximum Gasteiger partial charge on any atom is 0.293 e. The number of thioether (sulfide) groups is 1. The van der Waals surface area contributed by atoms with Crippen LogP contribution in [0.4, 0.5) is 4.79 Å². The second kappa shape index (κ2) is 10.0. The van der Waals surface area contributed by atoms with E-state index in [0.29, 0.717) is 27.3 Å². The van der Waals surface area contributed by atoms with Gasteiger partial charge in [-0.3, -0.25) is 24.1 Å². The summed E-state index contributed by atoms with van der Waals surface area (Å²) in [5, 5.41) is 3.27. The maximum absolute atomic E-state index is 12.6. The molecule has 1 aliphatic heterocycles. The molecular weight excluding hydrogens is 464 g/mol. The molecular formula is C23H19ClN4O4S. The van der Waals surface area contributed by atoms with Crippen molar-refractivity contribution in [1.82, 2.24) is 20.2 Å². The Kier molecular flexibility index (Phi) is 6.90. The average molecular weight is 483 g/mol. The normalized spacial score (nSPS) is 14.9. The Labute approximate surface area is 198 Å². The van der Waals surface area contributed by atoms with Crippen LogP contribution in [0, 0.1) is 0 Å². The summed E-state index contributed by atoms with van der Waals surface area (Å²) >= 11 is 6.96. The number of fused-ring (bicyclic) bond motifs is 1. The highest BCUT2D eigenvalue weighted by atomic mass is 35.5. The van der Waals surface area contributed by atoms with Gasteiger partial charge >= 0.3 is 0 Å². The number of aryl methyl sites for hydroxylation is 1. The summed E-state index contributed by atoms with van der Waals surface area (Å²) < 4.78 is 0. The number of nitrogens with zero attached hydrogens (tertiary/aromatic N) is 2. The van der Waals surface area contributed by atoms with Gasteiger partial charge in [-0.15, -0.1) is 0 Å². The van der Waals surface area contributed by atoms with Crippen LogP contribution in [-0.4, -0.2) is 45.0 Å². The Balaban J connectivity index is 1.29. The van der Waals surface area contributed by atoms with E-state index >= 15 is 0 Å². The number of carbonyl (C=O) groups excluding carboxylic acids is 3. The number of H-pyrrole nitrogens is 1. The predicted molar refractivity (Wildman–Crippen MR) is 128 cm³/mol. The summed E-state index contributed by atoms with van der Waals surface area (Å²) in [6, 6.07) is 14.0. The van der Waals surface area contributed by atoms with Crippen LogP contribution in [0.3, 0.4) is 0 Å². The Morgan fingerprint density at radius 3 is 2.70 bits per heavy atom. The molecule has 0 aliphatic carbocycles. The van der Waals surface area contributed by atoms with Crippen LogP contribution in [0.25, 0.3) is 17.0 Å². The molecule has 0 saturated carbocycles. The van der Waals surface area contributed by atoms with Crippen LogP contribution >= 0.6 is 23.4 Å². The lowest BCUT2D eigenvalue weighted by Gasteiger charge is -2.13. The van der Waals surface area contributed by atoms with Gasteiger partial charge in [0.05, 0.1) is 15.8 Å². The van der Waals surface area contributed by atoms with Crippen LogP contribution in [0.1, 0.15) is 17.8 Å². The number of halogens is 1. The van der Waals surface area contributed by atoms with Crippen LogP contribution < -0.4 is 10.9 Å². The lowest BCUT2D eigenvalue weighted by Crippen LogP contribution is -2.37. The van der Waals surface area contributed by atoms with E-state index < -0.39 is 11.1 Å². The third-order valence-corrected chi connectivity index (χ3v) is 6.23. The van der Waals surface area contributed by atoms with Gasteiger partial charge in [0, 0.05) is 31.0 Å². The van der Waals surface area contributed by atoms with Crippen molar-refractivity contribution in [3.05, 3.63) is 80.2 Å². The zero-order valence-electron chi connectivity index (χ0n) is 17.3. The van der Waals surface area contributed by atoms with Crippen molar-refractivity contribution < 1.29 is 14.4 Å². The molecule has 3 amide bonds. The number of rotatable bonds is 7. The second-order valence-corrected chi connectivity index (χ2v) is 8.63. The fourth-order valence-electron chi connectivity index (χ4n) is 3.31. The zero-order chi connectivity index (χ0) is 23.4. The van der Waals surface area contributed by atoms with Gasteiger partial charge in [-0.25, -0.2) is 4.98 Å². The van der Waals surface area contributed by atoms with E-state index in [1.807, 2.05) is 0 Å². The van der Waals surface area contributed by atoms with Gasteiger partial charge in [0.15, 0.2) is 0 Å². The fourth-order valence-corrected chi connectivity index (χ4v) is 4.35. The van der Waals surface area contributed by atoms with Gasteiger partial charge in [-0.2, -0.15) is 0 Å². The first-order valence-electron chi connectivity index (χ1n) is 10.2. The quantitative estimate of drug-likeness (QED) is 0.499. The number of carbonyl (C=O) groups is 3. The van der Waals surface area contributed by atoms with Crippen molar-refractivity contribution in [3.8, 4) is 0 Å². The van der Waals surface area contributed by atoms with Gasteiger partial charge in [0.1, 0.15) is 5.82 Å². The molecule has 168 valence electrons. The second-order valence-electron chi connectivity index (χ2n) is 7.23. The summed E-state index contributed by atoms with van der Waals surface area (Å²) in [4.78, 5) is 57.5. The summed E-state index contributed by atoms with van der Waals surface area (Å²) in [5.74, 6) is -0.272. The number of hydrogen-bond donors (Lipinski definition) is 2. The molecule has 0 radical (unpaired) electrons. The Morgan fingerprint density at radius 1 is 1.12 bits per heavy atom. The molecule has 0 unspecified atom stereocenters. The number of imide groups is 1. The number of para-hydroxylation sites is 1. The Hall–Kier alpha value is -3.43. The number of nitrogens with one attached hydrogen (secondary N) is 2. The van der Waals surface area contributed by atoms with Crippen molar-refractivity contribution in [2.75, 3.05) is 13.1 Å². The van der Waals surface area contributed by atoms with Crippen molar-refractivity contribution in [2.45, 2.75) is 12.8 Å². The van der Waals surface area contributed by atoms with Gasteiger partial charge in [-0.05, 0) is 41.6 Å². The molecule has 10 heteroatoms. The number of aromatic amines is 1. The number of amides is 3. The SMILES string of the molecule is O=C(CCc1nc2ccccc2c(=O)[nH]1)NCCN1C(=O)SC(=Cc2ccccc2Cl)C1=O. The molecule has 0 atom stereocenters. The summed E-state index contributed by atoms with van der Waals surface area (Å²) in [6.07, 6.45) is 1.95. The van der Waals surface area contributed by atoms with Crippen LogP contribution in [0.2, 0.25) is 5.02 Å². The topological polar surface area (TPSA) is 112 Å². The summed E-state index contributed by atoms with van der Waals surface area (Å²) in [7, 11) is 0. The lowest BCUT2D eigenvalue weighted by molar-refractivity contribution is -0.124. The van der Waals surface area contributed by atoms with Crippen molar-refractivity contribution in [1.29, 1.82) is 0 Å². The molecule has 4 rings (SSSR count). The first-order valence-corrected chi connectivity index (χ1v) is 11.4. The Bertz CT molecular complexity index is 1340. The molecule has 33 heavy (non-hydrogen) atoms. The largest absolute Gasteiger partial charge is 0.354 e. The van der Waals surface area contributed by atoms with E-state index in [1.54, 1.807) is 54.6 Å². The van der Waals surface area contributed by atoms with Crippen molar-refractivity contribution in [2.24, 2.45) is 0 Å². The third-order valence-electron chi connectivity index (χ3n) is 4.97. The monoisotopic (exact) mass is 482 g/mol. The van der Waals surface area contributed by atoms with Crippen molar-refractivity contribution in [3.63, 3.8) is 0 Å². The van der Waals surface area contributed by atoms with Crippen LogP contribution in [0.15, 0.2) is 58.2 Å². The standard InChI is InChI=1S/C23H19ClN4O4S/c24-16-7-3-1-5-14(16)13-18-22(31)28(23(32)33-18)12-11-25-20(29)10-9-19-26-17-8-4-2-6-15(17)21(30)27-19/h1-8,13H,9-12H2,(H,25,29)(H,26,27,30). The predicted octanol–water partition coefficient (Wildman–Crippen LogP) is 3.36. The highest BCUT2D eigenvalue weighted by Gasteiger charge is 2.34. The van der Waals surface area contributed by atoms with Gasteiger partial charge in [0.2, 0.25) is 5.91 Å². The summed E-state index contributed by atoms with van der Waals surface area (Å²) in [6.45, 7) is 0.180. The van der Waals surface area contributed by atoms with Gasteiger partial charge in [0.25, 0.3) is 16.7 Å². The van der Waals surface area contributed by atoms with Crippen molar-refractivity contribution >= 4 is 57.4 Å². The fraction of sp³-hybridized carbons (Fsp3) is 0.174. The molecule has 8 nitrogen and oxygen atoms in total. The highest BCUT2D eigenvalue weighted by molar-refractivity contribution is 8.18. The first kappa shape index (κ1) is 22.8. The van der Waals surface area contributed by atoms with E-state index in [4.69, 9.17) is 11.6 Å². The molecule has 3 aromatic rings. The molecule has 0 bridgehead atoms. The molecule has 2 heterocycles. The minimum absolute atomic E-state index is 0.0569. The van der Waals surface area contributed by atoms with E-state index in [0.717, 1.165) is 16.7 Å². The minimum Gasteiger partial charge on any atom is -0.354 e. The van der Waals surface area contributed by atoms with E-state index in [2.05, 4.69) is 15.3 Å². The highest BCUT2D eigenvalue weighted by Crippen LogP contribution is 2.33. The van der Waals surface area contributed by atoms with E-state index in [9.17, 15) is 19.2 Å². The molecule has 1 aromatic heterocycles. The number of aromatic nitrogens is 2. The van der Waals surface area contributed by atoms with E-state index in [-0.39, 0.29) is 42.3 Å².